The third kappa shape index (κ3) is 5.29. The molecular formula is C21H30FN3O3. The molecule has 7 heteroatoms. The molecule has 2 heterocycles. The predicted octanol–water partition coefficient (Wildman–Crippen LogP) is 1.71. The van der Waals surface area contributed by atoms with Crippen LogP contribution in [0.15, 0.2) is 24.3 Å². The maximum absolute atomic E-state index is 13.2. The summed E-state index contributed by atoms with van der Waals surface area (Å²) in [5.74, 6) is -0.335. The zero-order valence-electron chi connectivity index (χ0n) is 16.6. The Kier molecular flexibility index (Phi) is 7.39. The Morgan fingerprint density at radius 1 is 1.00 bits per heavy atom. The number of amides is 2. The van der Waals surface area contributed by atoms with Crippen LogP contribution in [0.3, 0.4) is 0 Å². The topological polar surface area (TPSA) is 53.1 Å². The molecule has 2 saturated heterocycles. The fourth-order valence-electron chi connectivity index (χ4n) is 3.88. The number of rotatable bonds is 6. The average molecular weight is 391 g/mol. The normalized spacial score (nSPS) is 19.5. The lowest BCUT2D eigenvalue weighted by molar-refractivity contribution is -0.140. The highest BCUT2D eigenvalue weighted by Gasteiger charge is 2.29. The first kappa shape index (κ1) is 20.7. The van der Waals surface area contributed by atoms with E-state index in [1.165, 1.54) is 12.1 Å². The molecule has 0 N–H and O–H groups in total. The summed E-state index contributed by atoms with van der Waals surface area (Å²) in [6.45, 7) is 8.25. The molecule has 3 rings (SSSR count). The zero-order chi connectivity index (χ0) is 19.9. The van der Waals surface area contributed by atoms with Gasteiger partial charge in [0.2, 0.25) is 11.8 Å². The molecule has 2 amide bonds. The van der Waals surface area contributed by atoms with Crippen molar-refractivity contribution in [2.45, 2.75) is 25.7 Å². The predicted molar refractivity (Wildman–Crippen MR) is 104 cm³/mol. The molecule has 2 aliphatic heterocycles. The van der Waals surface area contributed by atoms with Crippen molar-refractivity contribution in [3.8, 4) is 0 Å². The van der Waals surface area contributed by atoms with Gasteiger partial charge in [0.05, 0.1) is 19.1 Å². The second kappa shape index (κ2) is 9.98. The van der Waals surface area contributed by atoms with E-state index >= 15 is 0 Å². The van der Waals surface area contributed by atoms with Crippen LogP contribution < -0.4 is 0 Å². The van der Waals surface area contributed by atoms with Gasteiger partial charge in [0.15, 0.2) is 0 Å². The average Bonchev–Trinajstić information content (AvgIpc) is 2.74. The van der Waals surface area contributed by atoms with E-state index in [0.29, 0.717) is 39.0 Å². The molecule has 0 radical (unpaired) electrons. The van der Waals surface area contributed by atoms with Crippen LogP contribution in [0.1, 0.15) is 31.2 Å². The molecule has 0 bridgehead atoms. The highest BCUT2D eigenvalue weighted by Crippen LogP contribution is 2.23. The third-order valence-corrected chi connectivity index (χ3v) is 5.67. The van der Waals surface area contributed by atoms with Gasteiger partial charge in [-0.2, -0.15) is 0 Å². The van der Waals surface area contributed by atoms with Crippen molar-refractivity contribution in [1.29, 1.82) is 0 Å². The number of carbonyl (C=O) groups is 2. The molecule has 1 atom stereocenters. The van der Waals surface area contributed by atoms with Gasteiger partial charge in [0.25, 0.3) is 0 Å². The molecule has 28 heavy (non-hydrogen) atoms. The van der Waals surface area contributed by atoms with Gasteiger partial charge in [-0.15, -0.1) is 0 Å². The first-order chi connectivity index (χ1) is 13.6. The first-order valence-corrected chi connectivity index (χ1v) is 10.2. The summed E-state index contributed by atoms with van der Waals surface area (Å²) >= 11 is 0. The lowest BCUT2D eigenvalue weighted by Gasteiger charge is -2.37. The van der Waals surface area contributed by atoms with Crippen molar-refractivity contribution in [2.75, 3.05) is 59.0 Å². The quantitative estimate of drug-likeness (QED) is 0.741. The van der Waals surface area contributed by atoms with Crippen LogP contribution in [0.5, 0.6) is 0 Å². The largest absolute Gasteiger partial charge is 0.379 e. The van der Waals surface area contributed by atoms with Crippen LogP contribution >= 0.6 is 0 Å². The van der Waals surface area contributed by atoms with Crippen LogP contribution in [0.2, 0.25) is 0 Å². The van der Waals surface area contributed by atoms with E-state index in [9.17, 15) is 14.0 Å². The molecule has 1 aromatic rings. The summed E-state index contributed by atoms with van der Waals surface area (Å²) in [6.07, 6.45) is 1.18. The molecule has 0 aliphatic carbocycles. The van der Waals surface area contributed by atoms with Gasteiger partial charge in [-0.25, -0.2) is 4.39 Å². The first-order valence-electron chi connectivity index (χ1n) is 10.2. The van der Waals surface area contributed by atoms with E-state index in [0.717, 1.165) is 38.4 Å². The summed E-state index contributed by atoms with van der Waals surface area (Å²) in [5.41, 5.74) is 0.845. The van der Waals surface area contributed by atoms with E-state index in [-0.39, 0.29) is 23.5 Å². The highest BCUT2D eigenvalue weighted by atomic mass is 19.1. The number of carbonyl (C=O) groups excluding carboxylic acids is 2. The van der Waals surface area contributed by atoms with Gasteiger partial charge < -0.3 is 14.5 Å². The summed E-state index contributed by atoms with van der Waals surface area (Å²) in [5, 5.41) is 0. The number of ether oxygens (including phenoxy) is 1. The van der Waals surface area contributed by atoms with Gasteiger partial charge >= 0.3 is 0 Å². The van der Waals surface area contributed by atoms with Crippen LogP contribution in [-0.2, 0) is 14.3 Å². The molecule has 2 aliphatic rings. The Labute approximate surface area is 166 Å². The third-order valence-electron chi connectivity index (χ3n) is 5.67. The minimum absolute atomic E-state index is 0.0644. The number of hydrogen-bond donors (Lipinski definition) is 0. The molecule has 0 spiro atoms. The molecule has 154 valence electrons. The number of halogens is 1. The minimum Gasteiger partial charge on any atom is -0.379 e. The van der Waals surface area contributed by atoms with Gasteiger partial charge in [-0.3, -0.25) is 14.5 Å². The standard InChI is InChI=1S/C21H30FN3O3/c1-2-19(17-3-5-18(22)6-4-17)21(27)25-11-9-24(10-12-25)20(26)7-8-23-13-15-28-16-14-23/h3-6,19H,2,7-16H2,1H3. The van der Waals surface area contributed by atoms with Gasteiger partial charge in [0, 0.05) is 52.2 Å². The molecular weight excluding hydrogens is 361 g/mol. The molecule has 6 nitrogen and oxygen atoms in total. The van der Waals surface area contributed by atoms with Gasteiger partial charge in [0.1, 0.15) is 5.82 Å². The lowest BCUT2D eigenvalue weighted by atomic mass is 9.94. The molecule has 1 unspecified atom stereocenters. The fourth-order valence-corrected chi connectivity index (χ4v) is 3.88. The summed E-state index contributed by atoms with van der Waals surface area (Å²) in [6, 6.07) is 6.17. The van der Waals surface area contributed by atoms with Crippen molar-refractivity contribution < 1.29 is 18.7 Å². The lowest BCUT2D eigenvalue weighted by Crippen LogP contribution is -2.52. The molecule has 2 fully saturated rings. The minimum atomic E-state index is -0.296. The van der Waals surface area contributed by atoms with Gasteiger partial charge in [-0.1, -0.05) is 19.1 Å². The van der Waals surface area contributed by atoms with Crippen molar-refractivity contribution in [1.82, 2.24) is 14.7 Å². The van der Waals surface area contributed by atoms with Crippen molar-refractivity contribution in [3.63, 3.8) is 0 Å². The maximum Gasteiger partial charge on any atom is 0.230 e. The van der Waals surface area contributed by atoms with Crippen molar-refractivity contribution >= 4 is 11.8 Å². The number of nitrogens with zero attached hydrogens (tertiary/aromatic N) is 3. The number of hydrogen-bond acceptors (Lipinski definition) is 4. The Balaban J connectivity index is 1.47. The monoisotopic (exact) mass is 391 g/mol. The highest BCUT2D eigenvalue weighted by molar-refractivity contribution is 5.84. The Bertz CT molecular complexity index is 653. The molecule has 0 aromatic heterocycles. The van der Waals surface area contributed by atoms with Crippen LogP contribution in [0.25, 0.3) is 0 Å². The number of piperazine rings is 1. The van der Waals surface area contributed by atoms with E-state index in [2.05, 4.69) is 4.90 Å². The number of benzene rings is 1. The number of morpholine rings is 1. The SMILES string of the molecule is CCC(C(=O)N1CCN(C(=O)CCN2CCOCC2)CC1)c1ccc(F)cc1. The Hall–Kier alpha value is -1.99. The van der Waals surface area contributed by atoms with Crippen LogP contribution in [-0.4, -0.2) is 85.5 Å². The zero-order valence-corrected chi connectivity index (χ0v) is 16.6. The fraction of sp³-hybridized carbons (Fsp3) is 0.619. The van der Waals surface area contributed by atoms with Crippen molar-refractivity contribution in [3.05, 3.63) is 35.6 Å². The van der Waals surface area contributed by atoms with Crippen LogP contribution in [0.4, 0.5) is 4.39 Å². The van der Waals surface area contributed by atoms with E-state index in [1.807, 2.05) is 16.7 Å². The van der Waals surface area contributed by atoms with Crippen molar-refractivity contribution in [2.24, 2.45) is 0 Å². The smallest absolute Gasteiger partial charge is 0.230 e. The summed E-state index contributed by atoms with van der Waals surface area (Å²) in [7, 11) is 0. The van der Waals surface area contributed by atoms with E-state index < -0.39 is 0 Å². The summed E-state index contributed by atoms with van der Waals surface area (Å²) < 4.78 is 18.5. The van der Waals surface area contributed by atoms with E-state index in [4.69, 9.17) is 4.74 Å². The Morgan fingerprint density at radius 3 is 2.21 bits per heavy atom. The van der Waals surface area contributed by atoms with E-state index in [1.54, 1.807) is 12.1 Å². The Morgan fingerprint density at radius 2 is 1.61 bits per heavy atom. The maximum atomic E-state index is 13.2. The summed E-state index contributed by atoms with van der Waals surface area (Å²) in [4.78, 5) is 31.4. The molecule has 1 aromatic carbocycles. The second-order valence-electron chi connectivity index (χ2n) is 7.42. The van der Waals surface area contributed by atoms with Crippen LogP contribution in [0, 0.1) is 5.82 Å². The van der Waals surface area contributed by atoms with Gasteiger partial charge in [-0.05, 0) is 24.1 Å². The molecule has 0 saturated carbocycles. The second-order valence-corrected chi connectivity index (χ2v) is 7.42.